The van der Waals surface area contributed by atoms with Crippen LogP contribution in [0.2, 0.25) is 0 Å². The molecule has 0 unspecified atom stereocenters. The van der Waals surface area contributed by atoms with Crippen LogP contribution in [0.3, 0.4) is 0 Å². The molecular formula is C68H49NO. The van der Waals surface area contributed by atoms with E-state index in [-0.39, 0.29) is 5.41 Å². The van der Waals surface area contributed by atoms with Crippen molar-refractivity contribution in [3.8, 4) is 56.0 Å². The van der Waals surface area contributed by atoms with Crippen LogP contribution in [0.4, 0.5) is 17.1 Å². The van der Waals surface area contributed by atoms with Crippen molar-refractivity contribution in [3.63, 3.8) is 0 Å². The lowest BCUT2D eigenvalue weighted by Crippen LogP contribution is -2.28. The average Bonchev–Trinajstić information content (AvgIpc) is 3.72. The van der Waals surface area contributed by atoms with E-state index in [0.717, 1.165) is 45.3 Å². The minimum absolute atomic E-state index is 0.195. The molecule has 1 aliphatic heterocycles. The van der Waals surface area contributed by atoms with Crippen LogP contribution in [-0.2, 0) is 10.8 Å². The summed E-state index contributed by atoms with van der Waals surface area (Å²) < 4.78 is 6.72. The first-order chi connectivity index (χ1) is 34.5. The van der Waals surface area contributed by atoms with Crippen molar-refractivity contribution >= 4 is 27.8 Å². The minimum Gasteiger partial charge on any atom is -0.456 e. The van der Waals surface area contributed by atoms with Crippen LogP contribution >= 0.6 is 0 Å². The van der Waals surface area contributed by atoms with E-state index in [4.69, 9.17) is 4.74 Å². The van der Waals surface area contributed by atoms with Crippen LogP contribution in [0.25, 0.3) is 55.3 Å². The highest BCUT2D eigenvalue weighted by Crippen LogP contribution is 2.57. The molecule has 0 amide bonds. The third-order valence-corrected chi connectivity index (χ3v) is 15.0. The fourth-order valence-electron chi connectivity index (χ4n) is 11.6. The van der Waals surface area contributed by atoms with Gasteiger partial charge in [-0.3, -0.25) is 0 Å². The van der Waals surface area contributed by atoms with E-state index in [9.17, 15) is 0 Å². The van der Waals surface area contributed by atoms with Crippen molar-refractivity contribution in [2.24, 2.45) is 0 Å². The maximum Gasteiger partial charge on any atom is 0.139 e. The van der Waals surface area contributed by atoms with Crippen molar-refractivity contribution in [1.82, 2.24) is 0 Å². The Labute approximate surface area is 410 Å². The largest absolute Gasteiger partial charge is 0.456 e. The molecule has 0 bridgehead atoms. The fraction of sp³-hybridized carbons (Fsp3) is 0.0588. The van der Waals surface area contributed by atoms with Crippen molar-refractivity contribution in [2.45, 2.75) is 24.7 Å². The molecule has 0 N–H and O–H groups in total. The van der Waals surface area contributed by atoms with E-state index < -0.39 is 5.41 Å². The zero-order valence-corrected chi connectivity index (χ0v) is 39.2. The van der Waals surface area contributed by atoms with Gasteiger partial charge < -0.3 is 9.64 Å². The summed E-state index contributed by atoms with van der Waals surface area (Å²) in [5.74, 6) is 1.85. The van der Waals surface area contributed by atoms with Crippen molar-refractivity contribution in [2.75, 3.05) is 4.90 Å². The number of para-hydroxylation sites is 2. The maximum absolute atomic E-state index is 6.72. The van der Waals surface area contributed by atoms with Gasteiger partial charge in [-0.05, 0) is 121 Å². The van der Waals surface area contributed by atoms with Gasteiger partial charge in [0.1, 0.15) is 11.5 Å². The quantitative estimate of drug-likeness (QED) is 0.151. The zero-order valence-electron chi connectivity index (χ0n) is 39.2. The van der Waals surface area contributed by atoms with Crippen LogP contribution in [0.1, 0.15) is 47.2 Å². The first-order valence-corrected chi connectivity index (χ1v) is 24.3. The highest BCUT2D eigenvalue weighted by atomic mass is 16.5. The van der Waals surface area contributed by atoms with Crippen LogP contribution in [0, 0.1) is 0 Å². The van der Waals surface area contributed by atoms with E-state index in [1.165, 1.54) is 72.0 Å². The zero-order chi connectivity index (χ0) is 46.8. The van der Waals surface area contributed by atoms with Crippen molar-refractivity contribution in [3.05, 3.63) is 294 Å². The molecule has 0 spiro atoms. The number of hydrogen-bond acceptors (Lipinski definition) is 2. The predicted molar refractivity (Wildman–Crippen MR) is 291 cm³/mol. The maximum atomic E-state index is 6.72. The highest BCUT2D eigenvalue weighted by Gasteiger charge is 2.46. The number of fused-ring (bicyclic) bond motifs is 6. The van der Waals surface area contributed by atoms with Gasteiger partial charge in [0, 0.05) is 39.2 Å². The van der Waals surface area contributed by atoms with Crippen LogP contribution in [0.15, 0.2) is 261 Å². The Morgan fingerprint density at radius 1 is 0.329 bits per heavy atom. The van der Waals surface area contributed by atoms with Gasteiger partial charge in [0.2, 0.25) is 0 Å². The first-order valence-electron chi connectivity index (χ1n) is 24.3. The lowest BCUT2D eigenvalue weighted by Gasteiger charge is -2.35. The van der Waals surface area contributed by atoms with E-state index in [0.29, 0.717) is 0 Å². The Kier molecular flexibility index (Phi) is 9.78. The van der Waals surface area contributed by atoms with Gasteiger partial charge in [0.05, 0.1) is 5.41 Å². The molecule has 332 valence electrons. The lowest BCUT2D eigenvalue weighted by molar-refractivity contribution is 0.419. The van der Waals surface area contributed by atoms with E-state index in [2.05, 4.69) is 280 Å². The molecular weight excluding hydrogens is 847 g/mol. The Bertz CT molecular complexity index is 3700. The molecule has 13 rings (SSSR count). The Morgan fingerprint density at radius 2 is 0.800 bits per heavy atom. The molecule has 11 aromatic rings. The summed E-state index contributed by atoms with van der Waals surface area (Å²) in [6, 6.07) is 95.4. The van der Waals surface area contributed by atoms with Gasteiger partial charge >= 0.3 is 0 Å². The molecule has 0 aromatic heterocycles. The second-order valence-electron chi connectivity index (χ2n) is 19.2. The molecule has 0 atom stereocenters. The molecule has 1 heterocycles. The fourth-order valence-corrected chi connectivity index (χ4v) is 11.6. The van der Waals surface area contributed by atoms with Gasteiger partial charge in [-0.1, -0.05) is 226 Å². The molecule has 0 radical (unpaired) electrons. The molecule has 2 heteroatoms. The third kappa shape index (κ3) is 6.55. The number of anilines is 3. The topological polar surface area (TPSA) is 12.5 Å². The lowest BCUT2D eigenvalue weighted by atomic mass is 9.67. The van der Waals surface area contributed by atoms with Crippen LogP contribution in [0.5, 0.6) is 11.5 Å². The summed E-state index contributed by atoms with van der Waals surface area (Å²) in [6.45, 7) is 4.58. The van der Waals surface area contributed by atoms with Crippen molar-refractivity contribution in [1.29, 1.82) is 0 Å². The minimum atomic E-state index is -0.461. The van der Waals surface area contributed by atoms with Crippen molar-refractivity contribution < 1.29 is 4.74 Å². The van der Waals surface area contributed by atoms with Gasteiger partial charge in [-0.2, -0.15) is 0 Å². The molecule has 1 aliphatic carbocycles. The summed E-state index contributed by atoms with van der Waals surface area (Å²) in [4.78, 5) is 2.37. The third-order valence-electron chi connectivity index (χ3n) is 15.0. The van der Waals surface area contributed by atoms with Gasteiger partial charge in [-0.15, -0.1) is 0 Å². The second-order valence-corrected chi connectivity index (χ2v) is 19.2. The smallest absolute Gasteiger partial charge is 0.139 e. The number of hydrogen-bond donors (Lipinski definition) is 0. The SMILES string of the molecule is CC1(C)c2ccccc2Oc2c(-c3ccc(N(c4ccc(-c5ccc6c(c5)C(c5ccccc5)(c5ccccc5)c5ccccc5-6)cc4)c4ccc(-c5cccc6ccccc56)cc4)cc3)cccc21. The van der Waals surface area contributed by atoms with Crippen LogP contribution < -0.4 is 9.64 Å². The van der Waals surface area contributed by atoms with E-state index >= 15 is 0 Å². The van der Waals surface area contributed by atoms with Crippen LogP contribution in [-0.4, -0.2) is 0 Å². The Hall–Kier alpha value is -8.72. The molecule has 0 saturated heterocycles. The number of rotatable bonds is 8. The normalized spacial score (nSPS) is 13.6. The van der Waals surface area contributed by atoms with E-state index in [1.54, 1.807) is 0 Å². The molecule has 70 heavy (non-hydrogen) atoms. The summed E-state index contributed by atoms with van der Waals surface area (Å²) in [6.07, 6.45) is 0. The molecule has 0 saturated carbocycles. The molecule has 2 aliphatic rings. The molecule has 11 aromatic carbocycles. The Morgan fingerprint density at radius 3 is 1.49 bits per heavy atom. The number of ether oxygens (including phenoxy) is 1. The molecule has 2 nitrogen and oxygen atoms in total. The van der Waals surface area contributed by atoms with Gasteiger partial charge in [0.15, 0.2) is 0 Å². The summed E-state index contributed by atoms with van der Waals surface area (Å²) >= 11 is 0. The highest BCUT2D eigenvalue weighted by molar-refractivity contribution is 5.97. The average molecular weight is 896 g/mol. The Balaban J connectivity index is 0.906. The monoisotopic (exact) mass is 895 g/mol. The number of benzene rings is 11. The summed E-state index contributed by atoms with van der Waals surface area (Å²) in [7, 11) is 0. The molecule has 0 fully saturated rings. The summed E-state index contributed by atoms with van der Waals surface area (Å²) in [5, 5.41) is 2.49. The summed E-state index contributed by atoms with van der Waals surface area (Å²) in [5.41, 5.74) is 19.6. The number of nitrogens with zero attached hydrogens (tertiary/aromatic N) is 1. The van der Waals surface area contributed by atoms with E-state index in [1.807, 2.05) is 0 Å². The standard InChI is InChI=1S/C68H49NO/c1-67(2)62-28-13-14-30-65(62)70-66-58(26-16-29-63(66)67)49-35-42-55(43-36-49)69(54-40-33-48(34-41-54)57-25-15-18-47-17-9-10-23-56(47)57)53-38-31-46(32-39-53)50-37-44-60-59-24-11-12-27-61(59)68(64(60)45-50,51-19-5-3-6-20-51)52-21-7-4-8-22-52/h3-45H,1-2H3. The first kappa shape index (κ1) is 41.5. The van der Waals surface area contributed by atoms with Gasteiger partial charge in [-0.25, -0.2) is 0 Å². The van der Waals surface area contributed by atoms with Gasteiger partial charge in [0.25, 0.3) is 0 Å². The predicted octanol–water partition coefficient (Wildman–Crippen LogP) is 18.1. The second kappa shape index (κ2) is 16.5.